The molecule has 1 aromatic carbocycles. The summed E-state index contributed by atoms with van der Waals surface area (Å²) in [6.07, 6.45) is 5.09. The summed E-state index contributed by atoms with van der Waals surface area (Å²) in [6.45, 7) is 5.02. The molecule has 3 heterocycles. The van der Waals surface area contributed by atoms with E-state index < -0.39 is 11.6 Å². The second kappa shape index (κ2) is 7.17. The van der Waals surface area contributed by atoms with Crippen molar-refractivity contribution in [2.75, 3.05) is 37.6 Å². The number of H-pyrrole nitrogens is 1. The predicted molar refractivity (Wildman–Crippen MR) is 98.5 cm³/mol. The number of aromatic nitrogens is 2. The van der Waals surface area contributed by atoms with E-state index >= 15 is 0 Å². The van der Waals surface area contributed by atoms with Crippen LogP contribution in [-0.4, -0.2) is 64.8 Å². The molecule has 2 aliphatic rings. The van der Waals surface area contributed by atoms with Crippen molar-refractivity contribution in [3.8, 4) is 11.1 Å². The Labute approximate surface area is 156 Å². The third kappa shape index (κ3) is 3.24. The molecule has 0 spiro atoms. The Hall–Kier alpha value is -2.64. The van der Waals surface area contributed by atoms with E-state index in [0.29, 0.717) is 25.2 Å². The number of nitrogens with one attached hydrogen (secondary N) is 1. The quantitative estimate of drug-likeness (QED) is 0.878. The van der Waals surface area contributed by atoms with Gasteiger partial charge in [0.15, 0.2) is 11.6 Å². The van der Waals surface area contributed by atoms with Gasteiger partial charge in [0.1, 0.15) is 0 Å². The number of anilines is 1. The monoisotopic (exact) mass is 375 g/mol. The molecule has 8 heteroatoms. The van der Waals surface area contributed by atoms with Crippen LogP contribution in [0.2, 0.25) is 0 Å². The first kappa shape index (κ1) is 17.8. The van der Waals surface area contributed by atoms with Crippen LogP contribution in [0.4, 0.5) is 19.3 Å². The van der Waals surface area contributed by atoms with Crippen molar-refractivity contribution >= 4 is 11.7 Å². The highest BCUT2D eigenvalue weighted by Gasteiger charge is 2.32. The predicted octanol–water partition coefficient (Wildman–Crippen LogP) is 3.08. The minimum absolute atomic E-state index is 0.0570. The van der Waals surface area contributed by atoms with Crippen molar-refractivity contribution in [3.05, 3.63) is 36.2 Å². The number of nitrogens with zero attached hydrogens (tertiary/aromatic N) is 4. The summed E-state index contributed by atoms with van der Waals surface area (Å²) in [5.74, 6) is -1.74. The molecule has 2 saturated heterocycles. The van der Waals surface area contributed by atoms with Crippen LogP contribution < -0.4 is 4.90 Å². The molecule has 2 aromatic rings. The fourth-order valence-corrected chi connectivity index (χ4v) is 3.96. The number of likely N-dealkylation sites (tertiary alicyclic amines) is 1. The van der Waals surface area contributed by atoms with Crippen molar-refractivity contribution in [1.82, 2.24) is 20.0 Å². The first-order valence-corrected chi connectivity index (χ1v) is 9.34. The third-order valence-electron chi connectivity index (χ3n) is 5.46. The Morgan fingerprint density at radius 3 is 2.59 bits per heavy atom. The van der Waals surface area contributed by atoms with Crippen LogP contribution in [0, 0.1) is 11.6 Å². The number of hydrogen-bond donors (Lipinski definition) is 1. The van der Waals surface area contributed by atoms with Gasteiger partial charge in [-0.3, -0.25) is 5.10 Å². The fraction of sp³-hybridized carbons (Fsp3) is 0.474. The van der Waals surface area contributed by atoms with Gasteiger partial charge in [-0.05, 0) is 31.9 Å². The summed E-state index contributed by atoms with van der Waals surface area (Å²) >= 11 is 0. The summed E-state index contributed by atoms with van der Waals surface area (Å²) in [5, 5.41) is 6.39. The molecule has 1 N–H and O–H groups in total. The van der Waals surface area contributed by atoms with Crippen molar-refractivity contribution in [3.63, 3.8) is 0 Å². The summed E-state index contributed by atoms with van der Waals surface area (Å²) in [4.78, 5) is 18.2. The maximum absolute atomic E-state index is 14.7. The number of carbonyl (C=O) groups is 1. The molecule has 0 radical (unpaired) electrons. The molecule has 1 aromatic heterocycles. The Morgan fingerprint density at radius 1 is 1.15 bits per heavy atom. The number of halogens is 2. The Balaban J connectivity index is 1.50. The first-order valence-electron chi connectivity index (χ1n) is 9.34. The van der Waals surface area contributed by atoms with Crippen molar-refractivity contribution in [2.24, 2.45) is 0 Å². The molecule has 4 rings (SSSR count). The normalized spacial score (nSPS) is 20.4. The van der Waals surface area contributed by atoms with Gasteiger partial charge in [-0.15, -0.1) is 0 Å². The zero-order valence-electron chi connectivity index (χ0n) is 15.3. The largest absolute Gasteiger partial charge is 0.365 e. The van der Waals surface area contributed by atoms with Crippen LogP contribution in [0.3, 0.4) is 0 Å². The Morgan fingerprint density at radius 2 is 1.93 bits per heavy atom. The highest BCUT2D eigenvalue weighted by atomic mass is 19.2. The van der Waals surface area contributed by atoms with Crippen molar-refractivity contribution in [2.45, 2.75) is 25.8 Å². The molecule has 27 heavy (non-hydrogen) atoms. The van der Waals surface area contributed by atoms with Gasteiger partial charge in [0, 0.05) is 56.1 Å². The van der Waals surface area contributed by atoms with E-state index in [0.717, 1.165) is 25.9 Å². The molecule has 2 amide bonds. The summed E-state index contributed by atoms with van der Waals surface area (Å²) in [7, 11) is 0. The molecule has 144 valence electrons. The molecule has 0 bridgehead atoms. The van der Waals surface area contributed by atoms with Crippen LogP contribution >= 0.6 is 0 Å². The van der Waals surface area contributed by atoms with Gasteiger partial charge in [0.05, 0.1) is 11.9 Å². The smallest absolute Gasteiger partial charge is 0.320 e. The molecule has 0 saturated carbocycles. The SMILES string of the molecule is CC1CN(c2ccc(-c3cn[nH]c3)c(F)c2F)CCN1C(=O)N1CCCC1. The number of piperazine rings is 1. The lowest BCUT2D eigenvalue weighted by molar-refractivity contribution is 0.139. The standard InChI is InChI=1S/C19H23F2N5O/c1-13-12-25(8-9-26(13)19(27)24-6-2-3-7-24)16-5-4-15(17(20)18(16)21)14-10-22-23-11-14/h4-5,10-11,13H,2-3,6-9,12H2,1H3,(H,22,23). The molecule has 1 unspecified atom stereocenters. The highest BCUT2D eigenvalue weighted by molar-refractivity contribution is 5.75. The van der Waals surface area contributed by atoms with Gasteiger partial charge in [0.2, 0.25) is 0 Å². The number of benzene rings is 1. The molecular formula is C19H23F2N5O. The number of rotatable bonds is 2. The van der Waals surface area contributed by atoms with Gasteiger partial charge in [0.25, 0.3) is 0 Å². The van der Waals surface area contributed by atoms with Crippen LogP contribution in [0.5, 0.6) is 0 Å². The maximum Gasteiger partial charge on any atom is 0.320 e. The average molecular weight is 375 g/mol. The zero-order valence-corrected chi connectivity index (χ0v) is 15.3. The van der Waals surface area contributed by atoms with E-state index in [1.165, 1.54) is 12.4 Å². The van der Waals surface area contributed by atoms with Gasteiger partial charge < -0.3 is 14.7 Å². The minimum atomic E-state index is -0.878. The van der Waals surface area contributed by atoms with E-state index in [-0.39, 0.29) is 23.3 Å². The molecule has 0 aliphatic carbocycles. The topological polar surface area (TPSA) is 55.5 Å². The molecule has 2 fully saturated rings. The summed E-state index contributed by atoms with van der Waals surface area (Å²) in [6, 6.07) is 3.17. The molecule has 1 atom stereocenters. The van der Waals surface area contributed by atoms with Crippen molar-refractivity contribution in [1.29, 1.82) is 0 Å². The van der Waals surface area contributed by atoms with Crippen molar-refractivity contribution < 1.29 is 13.6 Å². The van der Waals surface area contributed by atoms with Crippen LogP contribution in [0.25, 0.3) is 11.1 Å². The third-order valence-corrected chi connectivity index (χ3v) is 5.46. The molecular weight excluding hydrogens is 352 g/mol. The highest BCUT2D eigenvalue weighted by Crippen LogP contribution is 2.31. The number of carbonyl (C=O) groups excluding carboxylic acids is 1. The van der Waals surface area contributed by atoms with E-state index in [1.54, 1.807) is 12.1 Å². The van der Waals surface area contributed by atoms with Gasteiger partial charge in [-0.1, -0.05) is 0 Å². The second-order valence-electron chi connectivity index (χ2n) is 7.21. The number of hydrogen-bond acceptors (Lipinski definition) is 3. The van der Waals surface area contributed by atoms with Crippen LogP contribution in [0.15, 0.2) is 24.5 Å². The lowest BCUT2D eigenvalue weighted by atomic mass is 10.1. The summed E-state index contributed by atoms with van der Waals surface area (Å²) < 4.78 is 29.3. The van der Waals surface area contributed by atoms with E-state index in [1.807, 2.05) is 21.6 Å². The minimum Gasteiger partial charge on any atom is -0.365 e. The van der Waals surface area contributed by atoms with Gasteiger partial charge in [-0.2, -0.15) is 5.10 Å². The van der Waals surface area contributed by atoms with Crippen LogP contribution in [-0.2, 0) is 0 Å². The lowest BCUT2D eigenvalue weighted by Crippen LogP contribution is -2.57. The Bertz CT molecular complexity index is 820. The second-order valence-corrected chi connectivity index (χ2v) is 7.21. The van der Waals surface area contributed by atoms with E-state index in [2.05, 4.69) is 10.2 Å². The van der Waals surface area contributed by atoms with E-state index in [4.69, 9.17) is 0 Å². The fourth-order valence-electron chi connectivity index (χ4n) is 3.96. The van der Waals surface area contributed by atoms with Gasteiger partial charge in [-0.25, -0.2) is 13.6 Å². The zero-order chi connectivity index (χ0) is 19.0. The van der Waals surface area contributed by atoms with Crippen LogP contribution in [0.1, 0.15) is 19.8 Å². The first-order chi connectivity index (χ1) is 13.1. The lowest BCUT2D eigenvalue weighted by Gasteiger charge is -2.42. The number of amides is 2. The Kier molecular flexibility index (Phi) is 4.72. The number of urea groups is 1. The number of aromatic amines is 1. The molecule has 2 aliphatic heterocycles. The maximum atomic E-state index is 14.7. The molecule has 6 nitrogen and oxygen atoms in total. The van der Waals surface area contributed by atoms with E-state index in [9.17, 15) is 13.6 Å². The van der Waals surface area contributed by atoms with Gasteiger partial charge >= 0.3 is 6.03 Å². The summed E-state index contributed by atoms with van der Waals surface area (Å²) in [5.41, 5.74) is 0.924. The average Bonchev–Trinajstić information content (AvgIpc) is 3.37.